The highest BCUT2D eigenvalue weighted by atomic mass is 32.2. The molecule has 12 heavy (non-hydrogen) atoms. The number of aliphatic carboxylic acids is 1. The molecule has 1 fully saturated rings. The Bertz CT molecular complexity index is 157. The van der Waals surface area contributed by atoms with Crippen LogP contribution in [0.4, 0.5) is 0 Å². The van der Waals surface area contributed by atoms with Gasteiger partial charge in [0.25, 0.3) is 0 Å². The van der Waals surface area contributed by atoms with Crippen molar-refractivity contribution in [2.24, 2.45) is 5.92 Å². The molecule has 0 atom stereocenters. The lowest BCUT2D eigenvalue weighted by atomic mass is 10.0. The summed E-state index contributed by atoms with van der Waals surface area (Å²) in [6.45, 7) is 4.68. The third-order valence-corrected chi connectivity index (χ3v) is 2.94. The summed E-state index contributed by atoms with van der Waals surface area (Å²) in [6, 6.07) is 0. The molecule has 1 aliphatic rings. The minimum atomic E-state index is -0.644. The molecule has 0 aliphatic carbocycles. The van der Waals surface area contributed by atoms with Crippen LogP contribution >= 0.6 is 11.8 Å². The van der Waals surface area contributed by atoms with Crippen LogP contribution in [0.5, 0.6) is 0 Å². The highest BCUT2D eigenvalue weighted by Gasteiger charge is 2.31. The minimum absolute atomic E-state index is 0.100. The normalized spacial score (nSPS) is 19.1. The summed E-state index contributed by atoms with van der Waals surface area (Å²) in [5, 5.41) is 8.59. The highest BCUT2D eigenvalue weighted by Crippen LogP contribution is 2.15. The second-order valence-corrected chi connectivity index (χ2v) is 4.39. The number of carbonyl (C=O) groups is 1. The van der Waals surface area contributed by atoms with Crippen LogP contribution in [0.3, 0.4) is 0 Å². The average molecular weight is 189 g/mol. The van der Waals surface area contributed by atoms with Crippen molar-refractivity contribution in [1.29, 1.82) is 0 Å². The molecule has 3 nitrogen and oxygen atoms in total. The number of thioether (sulfide) groups is 1. The standard InChI is InChI=1S/C8H15NO2S/c1-2-12-4-3-9-5-7(6-9)8(10)11/h7H,2-6H2,1H3,(H,10,11). The van der Waals surface area contributed by atoms with E-state index in [1.54, 1.807) is 0 Å². The summed E-state index contributed by atoms with van der Waals surface area (Å²) < 4.78 is 0. The second kappa shape index (κ2) is 4.72. The van der Waals surface area contributed by atoms with Crippen molar-refractivity contribution in [3.8, 4) is 0 Å². The van der Waals surface area contributed by atoms with Gasteiger partial charge in [0.05, 0.1) is 5.92 Å². The van der Waals surface area contributed by atoms with Gasteiger partial charge in [-0.05, 0) is 5.75 Å². The lowest BCUT2D eigenvalue weighted by molar-refractivity contribution is -0.147. The number of hydrogen-bond acceptors (Lipinski definition) is 3. The average Bonchev–Trinajstić information content (AvgIpc) is 1.93. The summed E-state index contributed by atoms with van der Waals surface area (Å²) in [4.78, 5) is 12.6. The molecule has 0 saturated carbocycles. The Morgan fingerprint density at radius 3 is 2.83 bits per heavy atom. The first-order valence-corrected chi connectivity index (χ1v) is 5.42. The van der Waals surface area contributed by atoms with Gasteiger partial charge >= 0.3 is 5.97 Å². The van der Waals surface area contributed by atoms with Crippen molar-refractivity contribution >= 4 is 17.7 Å². The molecule has 1 N–H and O–H groups in total. The Morgan fingerprint density at radius 1 is 1.67 bits per heavy atom. The van der Waals surface area contributed by atoms with Gasteiger partial charge in [-0.25, -0.2) is 0 Å². The van der Waals surface area contributed by atoms with Crippen LogP contribution < -0.4 is 0 Å². The van der Waals surface area contributed by atoms with Gasteiger partial charge in [0.1, 0.15) is 0 Å². The SMILES string of the molecule is CCSCCN1CC(C(=O)O)C1. The van der Waals surface area contributed by atoms with Gasteiger partial charge in [-0.3, -0.25) is 4.79 Å². The number of nitrogens with zero attached hydrogens (tertiary/aromatic N) is 1. The monoisotopic (exact) mass is 189 g/mol. The van der Waals surface area contributed by atoms with E-state index < -0.39 is 5.97 Å². The van der Waals surface area contributed by atoms with E-state index in [1.807, 2.05) is 11.8 Å². The van der Waals surface area contributed by atoms with Crippen LogP contribution in [0.15, 0.2) is 0 Å². The molecule has 1 rings (SSSR count). The predicted molar refractivity (Wildman–Crippen MR) is 50.6 cm³/mol. The van der Waals surface area contributed by atoms with Gasteiger partial charge in [0.2, 0.25) is 0 Å². The molecule has 0 radical (unpaired) electrons. The van der Waals surface area contributed by atoms with Crippen molar-refractivity contribution in [2.45, 2.75) is 6.92 Å². The molecule has 1 aliphatic heterocycles. The van der Waals surface area contributed by atoms with Crippen molar-refractivity contribution in [3.63, 3.8) is 0 Å². The van der Waals surface area contributed by atoms with Crippen molar-refractivity contribution in [3.05, 3.63) is 0 Å². The molecule has 0 spiro atoms. The van der Waals surface area contributed by atoms with Crippen LogP contribution in [0.25, 0.3) is 0 Å². The molecule has 0 aromatic carbocycles. The maximum Gasteiger partial charge on any atom is 0.309 e. The predicted octanol–water partition coefficient (Wildman–Crippen LogP) is 0.756. The number of carboxylic acid groups (broad SMARTS) is 1. The van der Waals surface area contributed by atoms with Crippen LogP contribution in [0, 0.1) is 5.92 Å². The molecule has 4 heteroatoms. The maximum absolute atomic E-state index is 10.4. The van der Waals surface area contributed by atoms with E-state index in [4.69, 9.17) is 5.11 Å². The third kappa shape index (κ3) is 2.68. The molecule has 0 aromatic heterocycles. The summed E-state index contributed by atoms with van der Waals surface area (Å²) in [6.07, 6.45) is 0. The Kier molecular flexibility index (Phi) is 3.88. The second-order valence-electron chi connectivity index (χ2n) is 2.99. The molecular formula is C8H15NO2S. The maximum atomic E-state index is 10.4. The van der Waals surface area contributed by atoms with E-state index in [9.17, 15) is 4.79 Å². The molecule has 70 valence electrons. The van der Waals surface area contributed by atoms with E-state index in [2.05, 4.69) is 11.8 Å². The first-order valence-electron chi connectivity index (χ1n) is 4.27. The topological polar surface area (TPSA) is 40.5 Å². The summed E-state index contributed by atoms with van der Waals surface area (Å²) in [5.74, 6) is 1.53. The third-order valence-electron chi connectivity index (χ3n) is 2.06. The van der Waals surface area contributed by atoms with E-state index in [0.29, 0.717) is 0 Å². The largest absolute Gasteiger partial charge is 0.481 e. The fraction of sp³-hybridized carbons (Fsp3) is 0.875. The zero-order valence-electron chi connectivity index (χ0n) is 7.32. The lowest BCUT2D eigenvalue weighted by Gasteiger charge is -2.36. The van der Waals surface area contributed by atoms with E-state index in [1.165, 1.54) is 0 Å². The molecule has 0 amide bonds. The fourth-order valence-electron chi connectivity index (χ4n) is 1.25. The van der Waals surface area contributed by atoms with Crippen LogP contribution in [0.2, 0.25) is 0 Å². The summed E-state index contributed by atoms with van der Waals surface area (Å²) in [5.41, 5.74) is 0. The van der Waals surface area contributed by atoms with E-state index >= 15 is 0 Å². The van der Waals surface area contributed by atoms with Gasteiger partial charge in [-0.2, -0.15) is 11.8 Å². The van der Waals surface area contributed by atoms with Crippen molar-refractivity contribution in [2.75, 3.05) is 31.1 Å². The summed E-state index contributed by atoms with van der Waals surface area (Å²) in [7, 11) is 0. The first kappa shape index (κ1) is 9.86. The van der Waals surface area contributed by atoms with Gasteiger partial charge in [-0.15, -0.1) is 0 Å². The zero-order chi connectivity index (χ0) is 8.97. The van der Waals surface area contributed by atoms with Crippen LogP contribution in [-0.2, 0) is 4.79 Å². The van der Waals surface area contributed by atoms with Crippen LogP contribution in [-0.4, -0.2) is 47.1 Å². The molecular weight excluding hydrogens is 174 g/mol. The van der Waals surface area contributed by atoms with Gasteiger partial charge < -0.3 is 10.0 Å². The number of hydrogen-bond donors (Lipinski definition) is 1. The molecule has 0 unspecified atom stereocenters. The number of likely N-dealkylation sites (tertiary alicyclic amines) is 1. The van der Waals surface area contributed by atoms with Gasteiger partial charge in [0.15, 0.2) is 0 Å². The number of rotatable bonds is 5. The first-order chi connectivity index (χ1) is 5.74. The van der Waals surface area contributed by atoms with Crippen molar-refractivity contribution in [1.82, 2.24) is 4.90 Å². The molecule has 1 saturated heterocycles. The van der Waals surface area contributed by atoms with Crippen molar-refractivity contribution < 1.29 is 9.90 Å². The molecule has 1 heterocycles. The Labute approximate surface area is 77.1 Å². The van der Waals surface area contributed by atoms with E-state index in [-0.39, 0.29) is 5.92 Å². The Morgan fingerprint density at radius 2 is 2.33 bits per heavy atom. The van der Waals surface area contributed by atoms with E-state index in [0.717, 1.165) is 31.1 Å². The molecule has 0 aromatic rings. The Hall–Kier alpha value is -0.220. The lowest BCUT2D eigenvalue weighted by Crippen LogP contribution is -2.50. The fourth-order valence-corrected chi connectivity index (χ4v) is 1.92. The molecule has 0 bridgehead atoms. The smallest absolute Gasteiger partial charge is 0.309 e. The minimum Gasteiger partial charge on any atom is -0.481 e. The van der Waals surface area contributed by atoms with Gasteiger partial charge in [-0.1, -0.05) is 6.92 Å². The number of carboxylic acids is 1. The van der Waals surface area contributed by atoms with Crippen LogP contribution in [0.1, 0.15) is 6.92 Å². The summed E-state index contributed by atoms with van der Waals surface area (Å²) >= 11 is 1.91. The zero-order valence-corrected chi connectivity index (χ0v) is 8.14. The van der Waals surface area contributed by atoms with Gasteiger partial charge in [0, 0.05) is 25.4 Å². The highest BCUT2D eigenvalue weighted by molar-refractivity contribution is 7.99. The quantitative estimate of drug-likeness (QED) is 0.648. The Balaban J connectivity index is 1.98.